The van der Waals surface area contributed by atoms with Crippen LogP contribution >= 0.6 is 22.7 Å². The first-order valence-electron chi connectivity index (χ1n) is 8.12. The number of thiophene rings is 1. The fraction of sp³-hybridized carbons (Fsp3) is 0.316. The van der Waals surface area contributed by atoms with Gasteiger partial charge in [0.25, 0.3) is 0 Å². The Bertz CT molecular complexity index is 826. The quantitative estimate of drug-likeness (QED) is 0.588. The number of aryl methyl sites for hydroxylation is 1. The summed E-state index contributed by atoms with van der Waals surface area (Å²) in [5.74, 6) is 1.54. The maximum Gasteiger partial charge on any atom is 0.160 e. The number of nitrogens with one attached hydrogen (secondary N) is 1. The van der Waals surface area contributed by atoms with Crippen LogP contribution in [0.2, 0.25) is 0 Å². The maximum absolute atomic E-state index is 5.35. The van der Waals surface area contributed by atoms with Crippen LogP contribution in [0.25, 0.3) is 9.75 Å². The van der Waals surface area contributed by atoms with Gasteiger partial charge in [-0.1, -0.05) is 6.07 Å². The van der Waals surface area contributed by atoms with E-state index in [1.807, 2.05) is 29.7 Å². The Labute approximate surface area is 156 Å². The molecule has 0 fully saturated rings. The van der Waals surface area contributed by atoms with Gasteiger partial charge in [-0.3, -0.25) is 0 Å². The zero-order chi connectivity index (χ0) is 17.6. The highest BCUT2D eigenvalue weighted by Gasteiger charge is 2.07. The molecular weight excluding hydrogens is 352 g/mol. The third-order valence-corrected chi connectivity index (χ3v) is 6.05. The van der Waals surface area contributed by atoms with Gasteiger partial charge in [-0.05, 0) is 49.7 Å². The van der Waals surface area contributed by atoms with E-state index in [-0.39, 0.29) is 0 Å². The highest BCUT2D eigenvalue weighted by Crippen LogP contribution is 2.32. The largest absolute Gasteiger partial charge is 0.493 e. The van der Waals surface area contributed by atoms with E-state index in [9.17, 15) is 0 Å². The first-order valence-corrected chi connectivity index (χ1v) is 9.76. The first-order chi connectivity index (χ1) is 12.2. The van der Waals surface area contributed by atoms with Crippen LogP contribution in [0, 0.1) is 6.92 Å². The van der Waals surface area contributed by atoms with Gasteiger partial charge in [-0.15, -0.1) is 22.7 Å². The minimum Gasteiger partial charge on any atom is -0.493 e. The van der Waals surface area contributed by atoms with Crippen LogP contribution < -0.4 is 14.8 Å². The highest BCUT2D eigenvalue weighted by atomic mass is 32.1. The number of aromatic nitrogens is 1. The van der Waals surface area contributed by atoms with Crippen molar-refractivity contribution in [1.29, 1.82) is 0 Å². The predicted octanol–water partition coefficient (Wildman–Crippen LogP) is 4.53. The molecule has 0 unspecified atom stereocenters. The van der Waals surface area contributed by atoms with Crippen LogP contribution in [-0.2, 0) is 13.0 Å². The number of rotatable bonds is 8. The van der Waals surface area contributed by atoms with Crippen molar-refractivity contribution in [1.82, 2.24) is 10.3 Å². The molecule has 0 aliphatic rings. The van der Waals surface area contributed by atoms with Crippen molar-refractivity contribution in [2.45, 2.75) is 19.9 Å². The number of ether oxygens (including phenoxy) is 2. The topological polar surface area (TPSA) is 43.4 Å². The number of methoxy groups -OCH3 is 2. The molecule has 1 aromatic carbocycles. The van der Waals surface area contributed by atoms with Gasteiger partial charge in [0.2, 0.25) is 0 Å². The number of nitrogens with zero attached hydrogens (tertiary/aromatic N) is 1. The van der Waals surface area contributed by atoms with Crippen LogP contribution in [-0.4, -0.2) is 25.7 Å². The second-order valence-corrected chi connectivity index (χ2v) is 8.05. The van der Waals surface area contributed by atoms with Crippen LogP contribution in [0.1, 0.15) is 15.4 Å². The Morgan fingerprint density at radius 1 is 1.00 bits per heavy atom. The van der Waals surface area contributed by atoms with Gasteiger partial charge in [-0.25, -0.2) is 4.98 Å². The summed E-state index contributed by atoms with van der Waals surface area (Å²) in [4.78, 5) is 8.40. The zero-order valence-corrected chi connectivity index (χ0v) is 16.3. The number of thiazole rings is 1. The summed E-state index contributed by atoms with van der Waals surface area (Å²) >= 11 is 3.57. The minimum absolute atomic E-state index is 0.762. The Balaban J connectivity index is 1.50. The molecule has 4 nitrogen and oxygen atoms in total. The molecule has 0 aliphatic carbocycles. The minimum atomic E-state index is 0.762. The normalized spacial score (nSPS) is 10.8. The molecule has 25 heavy (non-hydrogen) atoms. The van der Waals surface area contributed by atoms with E-state index in [0.717, 1.165) is 36.0 Å². The number of benzene rings is 1. The van der Waals surface area contributed by atoms with E-state index in [4.69, 9.17) is 9.47 Å². The van der Waals surface area contributed by atoms with Crippen molar-refractivity contribution >= 4 is 22.7 Å². The second kappa shape index (κ2) is 8.47. The standard InChI is InChI=1S/C19H22N2O2S2/c1-13-4-7-17(24-13)18-11-21-19(25-18)12-20-9-8-14-5-6-15(22-2)16(10-14)23-3/h4-7,10-11,20H,8-9,12H2,1-3H3. The molecule has 2 aromatic heterocycles. The lowest BCUT2D eigenvalue weighted by atomic mass is 10.1. The van der Waals surface area contributed by atoms with Gasteiger partial charge in [0.05, 0.1) is 19.1 Å². The molecule has 6 heteroatoms. The predicted molar refractivity (Wildman–Crippen MR) is 105 cm³/mol. The first kappa shape index (κ1) is 17.9. The summed E-state index contributed by atoms with van der Waals surface area (Å²) in [6, 6.07) is 10.4. The maximum atomic E-state index is 5.35. The fourth-order valence-corrected chi connectivity index (χ4v) is 4.37. The average Bonchev–Trinajstić information content (AvgIpc) is 3.27. The molecule has 0 aliphatic heterocycles. The summed E-state index contributed by atoms with van der Waals surface area (Å²) in [6.45, 7) is 3.82. The van der Waals surface area contributed by atoms with Gasteiger partial charge in [0.15, 0.2) is 11.5 Å². The van der Waals surface area contributed by atoms with E-state index in [0.29, 0.717) is 0 Å². The number of hydrogen-bond donors (Lipinski definition) is 1. The van der Waals surface area contributed by atoms with Crippen molar-refractivity contribution in [3.8, 4) is 21.3 Å². The molecule has 3 aromatic rings. The summed E-state index contributed by atoms with van der Waals surface area (Å²) < 4.78 is 10.6. The van der Waals surface area contributed by atoms with Crippen molar-refractivity contribution in [2.75, 3.05) is 20.8 Å². The molecule has 0 spiro atoms. The molecule has 0 atom stereocenters. The van der Waals surface area contributed by atoms with Gasteiger partial charge < -0.3 is 14.8 Å². The Hall–Kier alpha value is -1.89. The molecule has 0 radical (unpaired) electrons. The molecule has 0 saturated heterocycles. The molecule has 1 N–H and O–H groups in total. The van der Waals surface area contributed by atoms with Crippen LogP contribution in [0.4, 0.5) is 0 Å². The van der Waals surface area contributed by atoms with Gasteiger partial charge >= 0.3 is 0 Å². The Kier molecular flexibility index (Phi) is 6.07. The van der Waals surface area contributed by atoms with Gasteiger partial charge in [0, 0.05) is 22.5 Å². The van der Waals surface area contributed by atoms with E-state index in [2.05, 4.69) is 35.4 Å². The third-order valence-electron chi connectivity index (χ3n) is 3.85. The molecule has 132 valence electrons. The van der Waals surface area contributed by atoms with Crippen molar-refractivity contribution < 1.29 is 9.47 Å². The van der Waals surface area contributed by atoms with E-state index in [1.165, 1.54) is 20.2 Å². The molecule has 0 amide bonds. The van der Waals surface area contributed by atoms with Gasteiger partial charge in [-0.2, -0.15) is 0 Å². The van der Waals surface area contributed by atoms with E-state index >= 15 is 0 Å². The Morgan fingerprint density at radius 3 is 2.56 bits per heavy atom. The van der Waals surface area contributed by atoms with Gasteiger partial charge in [0.1, 0.15) is 5.01 Å². The monoisotopic (exact) mass is 374 g/mol. The molecule has 2 heterocycles. The fourth-order valence-electron chi connectivity index (χ4n) is 2.54. The lowest BCUT2D eigenvalue weighted by Gasteiger charge is -2.09. The SMILES string of the molecule is COc1ccc(CCNCc2ncc(-c3ccc(C)s3)s2)cc1OC. The average molecular weight is 375 g/mol. The molecule has 3 rings (SSSR count). The summed E-state index contributed by atoms with van der Waals surface area (Å²) in [6.07, 6.45) is 2.91. The highest BCUT2D eigenvalue weighted by molar-refractivity contribution is 7.21. The number of hydrogen-bond acceptors (Lipinski definition) is 6. The smallest absolute Gasteiger partial charge is 0.160 e. The van der Waals surface area contributed by atoms with E-state index < -0.39 is 0 Å². The lowest BCUT2D eigenvalue weighted by molar-refractivity contribution is 0.354. The Morgan fingerprint density at radius 2 is 1.84 bits per heavy atom. The van der Waals surface area contributed by atoms with Crippen molar-refractivity contribution in [3.05, 3.63) is 52.0 Å². The molecular formula is C19H22N2O2S2. The summed E-state index contributed by atoms with van der Waals surface area (Å²) in [5, 5.41) is 4.58. The zero-order valence-electron chi connectivity index (χ0n) is 14.7. The molecule has 0 bridgehead atoms. The second-order valence-electron chi connectivity index (χ2n) is 5.64. The van der Waals surface area contributed by atoms with E-state index in [1.54, 1.807) is 25.6 Å². The summed E-state index contributed by atoms with van der Waals surface area (Å²) in [5.41, 5.74) is 1.22. The lowest BCUT2D eigenvalue weighted by Crippen LogP contribution is -2.16. The van der Waals surface area contributed by atoms with Crippen LogP contribution in [0.5, 0.6) is 11.5 Å². The van der Waals surface area contributed by atoms with Crippen LogP contribution in [0.15, 0.2) is 36.5 Å². The third kappa shape index (κ3) is 4.60. The molecule has 0 saturated carbocycles. The van der Waals surface area contributed by atoms with Crippen LogP contribution in [0.3, 0.4) is 0 Å². The van der Waals surface area contributed by atoms with Crippen molar-refractivity contribution in [2.24, 2.45) is 0 Å². The summed E-state index contributed by atoms with van der Waals surface area (Å²) in [7, 11) is 3.31. The van der Waals surface area contributed by atoms with Crippen molar-refractivity contribution in [3.63, 3.8) is 0 Å².